The van der Waals surface area contributed by atoms with Crippen molar-refractivity contribution in [2.45, 2.75) is 13.3 Å². The Bertz CT molecular complexity index is 728. The van der Waals surface area contributed by atoms with Crippen molar-refractivity contribution in [1.29, 1.82) is 0 Å². The third-order valence-corrected chi connectivity index (χ3v) is 4.11. The number of amides is 2. The van der Waals surface area contributed by atoms with E-state index >= 15 is 0 Å². The van der Waals surface area contributed by atoms with E-state index in [1.165, 1.54) is 0 Å². The van der Waals surface area contributed by atoms with Crippen LogP contribution in [0.15, 0.2) is 54.6 Å². The van der Waals surface area contributed by atoms with E-state index in [0.717, 1.165) is 11.4 Å². The maximum atomic E-state index is 13.2. The van der Waals surface area contributed by atoms with Crippen LogP contribution in [-0.4, -0.2) is 18.4 Å². The highest BCUT2D eigenvalue weighted by atomic mass is 16.2. The summed E-state index contributed by atoms with van der Waals surface area (Å²) in [5.41, 5.74) is 7.13. The first kappa shape index (κ1) is 15.1. The van der Waals surface area contributed by atoms with Crippen LogP contribution in [0, 0.1) is 5.41 Å². The predicted octanol–water partition coefficient (Wildman–Crippen LogP) is 2.46. The second-order valence-electron chi connectivity index (χ2n) is 6.08. The summed E-state index contributed by atoms with van der Waals surface area (Å²) in [4.78, 5) is 26.5. The summed E-state index contributed by atoms with van der Waals surface area (Å²) in [5, 5.41) is 2.75. The molecule has 5 nitrogen and oxygen atoms in total. The molecule has 2 amide bonds. The van der Waals surface area contributed by atoms with Gasteiger partial charge in [-0.25, -0.2) is 0 Å². The minimum atomic E-state index is -0.756. The van der Waals surface area contributed by atoms with E-state index in [9.17, 15) is 9.59 Å². The van der Waals surface area contributed by atoms with Crippen LogP contribution in [-0.2, 0) is 9.59 Å². The Morgan fingerprint density at radius 1 is 1.09 bits per heavy atom. The molecule has 118 valence electrons. The van der Waals surface area contributed by atoms with E-state index in [1.807, 2.05) is 49.4 Å². The first-order chi connectivity index (χ1) is 11.0. The van der Waals surface area contributed by atoms with Gasteiger partial charge in [-0.1, -0.05) is 18.2 Å². The Hall–Kier alpha value is -2.82. The zero-order chi connectivity index (χ0) is 16.4. The lowest BCUT2D eigenvalue weighted by molar-refractivity contribution is -0.128. The molecule has 1 unspecified atom stereocenters. The number of hydrogen-bond donors (Lipinski definition) is 2. The Labute approximate surface area is 135 Å². The molecule has 1 fully saturated rings. The lowest BCUT2D eigenvalue weighted by Gasteiger charge is -2.31. The van der Waals surface area contributed by atoms with Crippen LogP contribution < -0.4 is 16.0 Å². The van der Waals surface area contributed by atoms with Crippen molar-refractivity contribution in [2.24, 2.45) is 5.41 Å². The third-order valence-electron chi connectivity index (χ3n) is 4.11. The van der Waals surface area contributed by atoms with Crippen LogP contribution in [0.5, 0.6) is 0 Å². The van der Waals surface area contributed by atoms with Crippen molar-refractivity contribution >= 4 is 28.9 Å². The van der Waals surface area contributed by atoms with E-state index in [4.69, 9.17) is 5.73 Å². The number of carbonyl (C=O) groups is 2. The maximum absolute atomic E-state index is 13.2. The average Bonchev–Trinajstić information content (AvgIpc) is 2.91. The van der Waals surface area contributed by atoms with E-state index in [0.29, 0.717) is 12.2 Å². The molecule has 1 saturated heterocycles. The van der Waals surface area contributed by atoms with Gasteiger partial charge in [0.1, 0.15) is 0 Å². The number of anilines is 3. The van der Waals surface area contributed by atoms with Crippen LogP contribution in [0.4, 0.5) is 17.1 Å². The van der Waals surface area contributed by atoms with Crippen molar-refractivity contribution in [1.82, 2.24) is 5.32 Å². The molecule has 3 rings (SSSR count). The molecule has 0 aromatic heterocycles. The second-order valence-corrected chi connectivity index (χ2v) is 6.08. The van der Waals surface area contributed by atoms with Crippen molar-refractivity contribution < 1.29 is 9.59 Å². The standard InChI is InChI=1S/C18H19N3O2/c1-18(11-16(22)20-12-18)17(23)21(14-5-3-2-4-6-14)15-9-7-13(19)8-10-15/h2-10H,11-12,19H2,1H3,(H,20,22). The van der Waals surface area contributed by atoms with Crippen LogP contribution in [0.25, 0.3) is 0 Å². The fraction of sp³-hybridized carbons (Fsp3) is 0.222. The largest absolute Gasteiger partial charge is 0.399 e. The summed E-state index contributed by atoms with van der Waals surface area (Å²) < 4.78 is 0. The number of nitrogens with two attached hydrogens (primary N) is 1. The molecule has 1 atom stereocenters. The van der Waals surface area contributed by atoms with E-state index in [2.05, 4.69) is 5.32 Å². The molecule has 0 saturated carbocycles. The Morgan fingerprint density at radius 2 is 1.70 bits per heavy atom. The molecule has 5 heteroatoms. The molecule has 0 radical (unpaired) electrons. The lowest BCUT2D eigenvalue weighted by Crippen LogP contribution is -2.41. The molecular weight excluding hydrogens is 290 g/mol. The number of carbonyl (C=O) groups excluding carboxylic acids is 2. The van der Waals surface area contributed by atoms with E-state index in [1.54, 1.807) is 17.0 Å². The summed E-state index contributed by atoms with van der Waals surface area (Å²) in [7, 11) is 0. The van der Waals surface area contributed by atoms with Crippen LogP contribution in [0.3, 0.4) is 0 Å². The predicted molar refractivity (Wildman–Crippen MR) is 90.2 cm³/mol. The molecule has 2 aromatic carbocycles. The van der Waals surface area contributed by atoms with Gasteiger partial charge in [0.2, 0.25) is 11.8 Å². The molecule has 0 aliphatic carbocycles. The topological polar surface area (TPSA) is 75.4 Å². The smallest absolute Gasteiger partial charge is 0.239 e. The van der Waals surface area contributed by atoms with Crippen LogP contribution in [0.2, 0.25) is 0 Å². The summed E-state index contributed by atoms with van der Waals surface area (Å²) in [6.45, 7) is 2.17. The fourth-order valence-corrected chi connectivity index (χ4v) is 2.78. The normalized spacial score (nSPS) is 20.1. The van der Waals surface area contributed by atoms with Crippen LogP contribution >= 0.6 is 0 Å². The van der Waals surface area contributed by atoms with E-state index in [-0.39, 0.29) is 18.2 Å². The highest BCUT2D eigenvalue weighted by molar-refractivity contribution is 6.06. The van der Waals surface area contributed by atoms with Crippen molar-refractivity contribution in [2.75, 3.05) is 17.2 Å². The molecule has 1 aliphatic rings. The van der Waals surface area contributed by atoms with Gasteiger partial charge in [-0.15, -0.1) is 0 Å². The van der Waals surface area contributed by atoms with E-state index < -0.39 is 5.41 Å². The van der Waals surface area contributed by atoms with Gasteiger partial charge in [-0.05, 0) is 43.3 Å². The van der Waals surface area contributed by atoms with Crippen LogP contribution in [0.1, 0.15) is 13.3 Å². The minimum Gasteiger partial charge on any atom is -0.399 e. The van der Waals surface area contributed by atoms with Gasteiger partial charge >= 0.3 is 0 Å². The van der Waals surface area contributed by atoms with Gasteiger partial charge in [-0.3, -0.25) is 14.5 Å². The number of nitrogen functional groups attached to an aromatic ring is 1. The molecule has 0 spiro atoms. The molecule has 1 heterocycles. The number of rotatable bonds is 3. The summed E-state index contributed by atoms with van der Waals surface area (Å²) >= 11 is 0. The minimum absolute atomic E-state index is 0.0915. The summed E-state index contributed by atoms with van der Waals surface area (Å²) in [6.07, 6.45) is 0.199. The molecular formula is C18H19N3O2. The number of nitrogens with zero attached hydrogens (tertiary/aromatic N) is 1. The maximum Gasteiger partial charge on any atom is 0.239 e. The van der Waals surface area contributed by atoms with Gasteiger partial charge in [0.25, 0.3) is 0 Å². The lowest BCUT2D eigenvalue weighted by atomic mass is 9.87. The second kappa shape index (κ2) is 5.76. The zero-order valence-corrected chi connectivity index (χ0v) is 13.0. The number of nitrogens with one attached hydrogen (secondary N) is 1. The van der Waals surface area contributed by atoms with Crippen molar-refractivity contribution in [3.8, 4) is 0 Å². The van der Waals surface area contributed by atoms with Gasteiger partial charge in [-0.2, -0.15) is 0 Å². The number of para-hydroxylation sites is 1. The average molecular weight is 309 g/mol. The summed E-state index contributed by atoms with van der Waals surface area (Å²) in [5.74, 6) is -0.196. The monoisotopic (exact) mass is 309 g/mol. The van der Waals surface area contributed by atoms with Gasteiger partial charge < -0.3 is 11.1 Å². The SMILES string of the molecule is CC1(C(=O)N(c2ccccc2)c2ccc(N)cc2)CNC(=O)C1. The Balaban J connectivity index is 2.03. The molecule has 23 heavy (non-hydrogen) atoms. The molecule has 2 aromatic rings. The molecule has 1 aliphatic heterocycles. The Kier molecular flexibility index (Phi) is 3.78. The third kappa shape index (κ3) is 2.90. The number of hydrogen-bond acceptors (Lipinski definition) is 3. The summed E-state index contributed by atoms with van der Waals surface area (Å²) in [6, 6.07) is 16.6. The van der Waals surface area contributed by atoms with Crippen molar-refractivity contribution in [3.63, 3.8) is 0 Å². The number of benzene rings is 2. The van der Waals surface area contributed by atoms with Gasteiger partial charge in [0.05, 0.1) is 5.41 Å². The Morgan fingerprint density at radius 3 is 2.26 bits per heavy atom. The highest BCUT2D eigenvalue weighted by Gasteiger charge is 2.43. The quantitative estimate of drug-likeness (QED) is 0.855. The highest BCUT2D eigenvalue weighted by Crippen LogP contribution is 2.35. The zero-order valence-electron chi connectivity index (χ0n) is 13.0. The van der Waals surface area contributed by atoms with Crippen molar-refractivity contribution in [3.05, 3.63) is 54.6 Å². The fourth-order valence-electron chi connectivity index (χ4n) is 2.78. The molecule has 0 bridgehead atoms. The van der Waals surface area contributed by atoms with Gasteiger partial charge in [0, 0.05) is 30.0 Å². The first-order valence-corrected chi connectivity index (χ1v) is 7.51. The first-order valence-electron chi connectivity index (χ1n) is 7.51. The van der Waals surface area contributed by atoms with Gasteiger partial charge in [0.15, 0.2) is 0 Å². The molecule has 3 N–H and O–H groups in total.